The summed E-state index contributed by atoms with van der Waals surface area (Å²) in [7, 11) is 0. The van der Waals surface area contributed by atoms with E-state index in [1.54, 1.807) is 12.1 Å². The van der Waals surface area contributed by atoms with E-state index < -0.39 is 24.5 Å². The van der Waals surface area contributed by atoms with E-state index in [0.717, 1.165) is 16.9 Å². The molecule has 3 amide bonds. The molecule has 1 aromatic carbocycles. The minimum atomic E-state index is -1.04. The monoisotopic (exact) mass is 382 g/mol. The average molecular weight is 382 g/mol. The van der Waals surface area contributed by atoms with Crippen molar-refractivity contribution in [1.82, 2.24) is 4.90 Å². The summed E-state index contributed by atoms with van der Waals surface area (Å²) in [6.07, 6.45) is 4.83. The molecule has 7 nitrogen and oxygen atoms in total. The standard InChI is InChI=1S/C21H22N2O5/c1-11-4-3-5-15(8-11)22-16(24)10-28-21(27)12(2)23-19(25)17-13-6-7-14(9-13)18(17)20(23)26/h3-8,12-14,17-18H,9-10H2,1-2H3,(H,22,24)/t12-,13+,14+,17-,18+/m1/s1. The first-order chi connectivity index (χ1) is 13.4. The van der Waals surface area contributed by atoms with Crippen molar-refractivity contribution < 1.29 is 23.9 Å². The van der Waals surface area contributed by atoms with Crippen molar-refractivity contribution in [2.24, 2.45) is 23.7 Å². The summed E-state index contributed by atoms with van der Waals surface area (Å²) in [6, 6.07) is 6.20. The number of aryl methyl sites for hydroxylation is 1. The lowest BCUT2D eigenvalue weighted by Crippen LogP contribution is -2.45. The molecule has 1 saturated heterocycles. The van der Waals surface area contributed by atoms with Crippen LogP contribution in [0.25, 0.3) is 0 Å². The van der Waals surface area contributed by atoms with E-state index in [1.165, 1.54) is 6.92 Å². The van der Waals surface area contributed by atoms with Crippen LogP contribution in [0.4, 0.5) is 5.69 Å². The van der Waals surface area contributed by atoms with Crippen LogP contribution in [-0.2, 0) is 23.9 Å². The maximum atomic E-state index is 12.7. The molecule has 0 unspecified atom stereocenters. The molecular weight excluding hydrogens is 360 g/mol. The van der Waals surface area contributed by atoms with Gasteiger partial charge in [-0.1, -0.05) is 24.3 Å². The van der Waals surface area contributed by atoms with Gasteiger partial charge >= 0.3 is 5.97 Å². The lowest BCUT2D eigenvalue weighted by Gasteiger charge is -2.23. The summed E-state index contributed by atoms with van der Waals surface area (Å²) in [5.74, 6) is -2.41. The van der Waals surface area contributed by atoms with Crippen LogP contribution in [0.3, 0.4) is 0 Å². The first-order valence-corrected chi connectivity index (χ1v) is 9.45. The molecule has 1 N–H and O–H groups in total. The molecule has 28 heavy (non-hydrogen) atoms. The van der Waals surface area contributed by atoms with Crippen molar-refractivity contribution >= 4 is 29.4 Å². The zero-order valence-electron chi connectivity index (χ0n) is 15.8. The molecule has 0 spiro atoms. The van der Waals surface area contributed by atoms with E-state index in [0.29, 0.717) is 5.69 Å². The second kappa shape index (κ2) is 6.89. The Bertz CT molecular complexity index is 863. The Morgan fingerprint density at radius 3 is 2.43 bits per heavy atom. The van der Waals surface area contributed by atoms with E-state index >= 15 is 0 Å². The molecule has 1 aliphatic heterocycles. The fraction of sp³-hybridized carbons (Fsp3) is 0.429. The lowest BCUT2D eigenvalue weighted by molar-refractivity contribution is -0.159. The number of carbonyl (C=O) groups excluding carboxylic acids is 4. The zero-order chi connectivity index (χ0) is 20.0. The maximum Gasteiger partial charge on any atom is 0.329 e. The van der Waals surface area contributed by atoms with Gasteiger partial charge in [-0.15, -0.1) is 0 Å². The van der Waals surface area contributed by atoms with Gasteiger partial charge in [0.15, 0.2) is 6.61 Å². The van der Waals surface area contributed by atoms with Gasteiger partial charge in [0, 0.05) is 5.69 Å². The molecule has 0 radical (unpaired) electrons. The molecule has 3 aliphatic rings. The molecule has 146 valence electrons. The summed E-state index contributed by atoms with van der Waals surface area (Å²) in [6.45, 7) is 2.89. The van der Waals surface area contributed by atoms with Gasteiger partial charge in [0.2, 0.25) is 11.8 Å². The lowest BCUT2D eigenvalue weighted by atomic mass is 9.85. The number of hydrogen-bond donors (Lipinski definition) is 1. The van der Waals surface area contributed by atoms with E-state index in [1.807, 2.05) is 31.2 Å². The minimum absolute atomic E-state index is 0.0831. The molecule has 5 atom stereocenters. The Balaban J connectivity index is 1.34. The van der Waals surface area contributed by atoms with E-state index in [-0.39, 0.29) is 35.5 Å². The highest BCUT2D eigenvalue weighted by atomic mass is 16.5. The number of esters is 1. The number of anilines is 1. The molecule has 0 aromatic heterocycles. The number of rotatable bonds is 5. The summed E-state index contributed by atoms with van der Waals surface area (Å²) in [5, 5.41) is 2.64. The zero-order valence-corrected chi connectivity index (χ0v) is 15.8. The van der Waals surface area contributed by atoms with E-state index in [9.17, 15) is 19.2 Å². The number of hydrogen-bond acceptors (Lipinski definition) is 5. The maximum absolute atomic E-state index is 12.7. The van der Waals surface area contributed by atoms with Gasteiger partial charge in [0.25, 0.3) is 5.91 Å². The Morgan fingerprint density at radius 2 is 1.82 bits per heavy atom. The van der Waals surface area contributed by atoms with Crippen LogP contribution in [0.2, 0.25) is 0 Å². The number of allylic oxidation sites excluding steroid dienone is 2. The number of carbonyl (C=O) groups is 4. The van der Waals surface area contributed by atoms with Crippen LogP contribution in [0.5, 0.6) is 0 Å². The van der Waals surface area contributed by atoms with Gasteiger partial charge in [-0.25, -0.2) is 4.79 Å². The molecule has 2 fully saturated rings. The number of benzene rings is 1. The Kier molecular flexibility index (Phi) is 4.53. The SMILES string of the molecule is Cc1cccc(NC(=O)COC(=O)[C@@H](C)N2C(=O)[C@@H]3[C@H](C2=O)[C@H]2C=C[C@H]3C2)c1. The molecule has 1 saturated carbocycles. The van der Waals surface area contributed by atoms with Gasteiger partial charge in [0.1, 0.15) is 6.04 Å². The number of amides is 3. The first kappa shape index (κ1) is 18.4. The van der Waals surface area contributed by atoms with E-state index in [2.05, 4.69) is 5.32 Å². The van der Waals surface area contributed by atoms with Crippen LogP contribution in [-0.4, -0.2) is 41.2 Å². The highest BCUT2D eigenvalue weighted by Gasteiger charge is 2.60. The van der Waals surface area contributed by atoms with Crippen LogP contribution in [0.1, 0.15) is 18.9 Å². The molecule has 4 rings (SSSR count). The van der Waals surface area contributed by atoms with Crippen molar-refractivity contribution in [3.05, 3.63) is 42.0 Å². The predicted octanol–water partition coefficient (Wildman–Crippen LogP) is 1.67. The van der Waals surface area contributed by atoms with Crippen molar-refractivity contribution in [2.75, 3.05) is 11.9 Å². The van der Waals surface area contributed by atoms with E-state index in [4.69, 9.17) is 4.74 Å². The van der Waals surface area contributed by atoms with Crippen LogP contribution >= 0.6 is 0 Å². The van der Waals surface area contributed by atoms with Crippen LogP contribution < -0.4 is 5.32 Å². The summed E-state index contributed by atoms with van der Waals surface area (Å²) in [5.41, 5.74) is 1.60. The van der Waals surface area contributed by atoms with Crippen LogP contribution in [0.15, 0.2) is 36.4 Å². The second-order valence-electron chi connectivity index (χ2n) is 7.75. The number of likely N-dealkylation sites (tertiary alicyclic amines) is 1. The normalized spacial score (nSPS) is 28.4. The quantitative estimate of drug-likeness (QED) is 0.475. The van der Waals surface area contributed by atoms with Gasteiger partial charge in [-0.05, 0) is 49.8 Å². The largest absolute Gasteiger partial charge is 0.454 e. The fourth-order valence-corrected chi connectivity index (χ4v) is 4.59. The summed E-state index contributed by atoms with van der Waals surface area (Å²) < 4.78 is 5.06. The third-order valence-corrected chi connectivity index (χ3v) is 5.88. The highest BCUT2D eigenvalue weighted by Crippen LogP contribution is 2.52. The number of fused-ring (bicyclic) bond motifs is 5. The second-order valence-corrected chi connectivity index (χ2v) is 7.75. The molecule has 7 heteroatoms. The van der Waals surface area contributed by atoms with Crippen LogP contribution in [0, 0.1) is 30.6 Å². The van der Waals surface area contributed by atoms with Gasteiger partial charge in [-0.2, -0.15) is 0 Å². The average Bonchev–Trinajstić information content (AvgIpc) is 3.33. The Hall–Kier alpha value is -2.96. The number of nitrogens with zero attached hydrogens (tertiary/aromatic N) is 1. The molecule has 1 heterocycles. The predicted molar refractivity (Wildman–Crippen MR) is 99.8 cm³/mol. The van der Waals surface area contributed by atoms with Crippen molar-refractivity contribution in [3.8, 4) is 0 Å². The number of imide groups is 1. The van der Waals surface area contributed by atoms with Crippen molar-refractivity contribution in [1.29, 1.82) is 0 Å². The summed E-state index contributed by atoms with van der Waals surface area (Å²) >= 11 is 0. The molecule has 2 aliphatic carbocycles. The first-order valence-electron chi connectivity index (χ1n) is 9.45. The number of nitrogens with one attached hydrogen (secondary N) is 1. The highest BCUT2D eigenvalue weighted by molar-refractivity contribution is 6.09. The summed E-state index contributed by atoms with van der Waals surface area (Å²) in [4.78, 5) is 50.9. The Labute approximate surface area is 162 Å². The van der Waals surface area contributed by atoms with Gasteiger partial charge < -0.3 is 10.1 Å². The third kappa shape index (κ3) is 3.00. The third-order valence-electron chi connectivity index (χ3n) is 5.88. The number of ether oxygens (including phenoxy) is 1. The van der Waals surface area contributed by atoms with Crippen molar-refractivity contribution in [2.45, 2.75) is 26.3 Å². The molecular formula is C21H22N2O5. The van der Waals surface area contributed by atoms with Crippen molar-refractivity contribution in [3.63, 3.8) is 0 Å². The van der Waals surface area contributed by atoms with Gasteiger partial charge in [0.05, 0.1) is 11.8 Å². The molecule has 1 aromatic rings. The topological polar surface area (TPSA) is 92.8 Å². The Morgan fingerprint density at radius 1 is 1.18 bits per heavy atom. The smallest absolute Gasteiger partial charge is 0.329 e. The fourth-order valence-electron chi connectivity index (χ4n) is 4.59. The molecule has 2 bridgehead atoms. The minimum Gasteiger partial charge on any atom is -0.454 e. The van der Waals surface area contributed by atoms with Gasteiger partial charge in [-0.3, -0.25) is 19.3 Å².